The van der Waals surface area contributed by atoms with Gasteiger partial charge in [-0.15, -0.1) is 5.73 Å². The zero-order valence-electron chi connectivity index (χ0n) is 5.21. The van der Waals surface area contributed by atoms with Gasteiger partial charge >= 0.3 is 0 Å². The molecular formula is C7H5ClN2. The third-order valence-electron chi connectivity index (χ3n) is 0.898. The molecule has 0 bridgehead atoms. The van der Waals surface area contributed by atoms with Crippen LogP contribution in [0.5, 0.6) is 0 Å². The van der Waals surface area contributed by atoms with Gasteiger partial charge in [0, 0.05) is 12.3 Å². The number of rotatable bonds is 1. The van der Waals surface area contributed by atoms with Gasteiger partial charge in [0.2, 0.25) is 5.28 Å². The number of hydrogen-bond acceptors (Lipinski definition) is 2. The summed E-state index contributed by atoms with van der Waals surface area (Å²) in [5.74, 6) is 0. The van der Waals surface area contributed by atoms with Gasteiger partial charge in [0.25, 0.3) is 0 Å². The van der Waals surface area contributed by atoms with E-state index in [1.165, 1.54) is 0 Å². The van der Waals surface area contributed by atoms with Crippen LogP contribution in [-0.2, 0) is 0 Å². The first-order valence-electron chi connectivity index (χ1n) is 2.67. The molecule has 50 valence electrons. The van der Waals surface area contributed by atoms with Gasteiger partial charge in [0.05, 0.1) is 5.69 Å². The van der Waals surface area contributed by atoms with Crippen LogP contribution < -0.4 is 0 Å². The SMILES string of the molecule is C=C=Cc1ccnc(Cl)n1. The molecule has 1 heterocycles. The lowest BCUT2D eigenvalue weighted by molar-refractivity contribution is 1.15. The van der Waals surface area contributed by atoms with E-state index in [0.29, 0.717) is 0 Å². The van der Waals surface area contributed by atoms with E-state index in [-0.39, 0.29) is 5.28 Å². The Morgan fingerprint density at radius 3 is 3.10 bits per heavy atom. The largest absolute Gasteiger partial charge is 0.226 e. The van der Waals surface area contributed by atoms with Crippen LogP contribution in [-0.4, -0.2) is 9.97 Å². The molecule has 0 aliphatic rings. The van der Waals surface area contributed by atoms with Crippen LogP contribution in [0.15, 0.2) is 24.6 Å². The third kappa shape index (κ3) is 1.69. The maximum absolute atomic E-state index is 5.49. The van der Waals surface area contributed by atoms with E-state index in [4.69, 9.17) is 11.6 Å². The molecule has 0 unspecified atom stereocenters. The summed E-state index contributed by atoms with van der Waals surface area (Å²) in [6.07, 6.45) is 3.21. The van der Waals surface area contributed by atoms with Gasteiger partial charge in [0.15, 0.2) is 0 Å². The lowest BCUT2D eigenvalue weighted by Crippen LogP contribution is -1.82. The monoisotopic (exact) mass is 152 g/mol. The molecule has 0 saturated heterocycles. The molecule has 10 heavy (non-hydrogen) atoms. The predicted molar refractivity (Wildman–Crippen MR) is 40.6 cm³/mol. The van der Waals surface area contributed by atoms with Gasteiger partial charge < -0.3 is 0 Å². The van der Waals surface area contributed by atoms with Crippen molar-refractivity contribution in [1.29, 1.82) is 0 Å². The summed E-state index contributed by atoms with van der Waals surface area (Å²) in [6, 6.07) is 1.73. The molecule has 0 aliphatic heterocycles. The molecule has 0 spiro atoms. The predicted octanol–water partition coefficient (Wildman–Crippen LogP) is 1.93. The Morgan fingerprint density at radius 2 is 2.50 bits per heavy atom. The second-order valence-electron chi connectivity index (χ2n) is 1.60. The molecule has 0 aliphatic carbocycles. The van der Waals surface area contributed by atoms with Crippen LogP contribution in [0.2, 0.25) is 5.28 Å². The molecule has 2 nitrogen and oxygen atoms in total. The Kier molecular flexibility index (Phi) is 2.21. The van der Waals surface area contributed by atoms with E-state index in [2.05, 4.69) is 22.3 Å². The number of aromatic nitrogens is 2. The van der Waals surface area contributed by atoms with E-state index >= 15 is 0 Å². The van der Waals surface area contributed by atoms with Gasteiger partial charge in [-0.1, -0.05) is 6.58 Å². The summed E-state index contributed by atoms with van der Waals surface area (Å²) < 4.78 is 0. The molecule has 0 radical (unpaired) electrons. The first-order chi connectivity index (χ1) is 4.83. The molecule has 0 saturated carbocycles. The van der Waals surface area contributed by atoms with Gasteiger partial charge in [-0.05, 0) is 17.7 Å². The highest BCUT2D eigenvalue weighted by molar-refractivity contribution is 6.28. The summed E-state index contributed by atoms with van der Waals surface area (Å²) in [7, 11) is 0. The van der Waals surface area contributed by atoms with Crippen molar-refractivity contribution in [2.75, 3.05) is 0 Å². The second-order valence-corrected chi connectivity index (χ2v) is 1.94. The lowest BCUT2D eigenvalue weighted by Gasteiger charge is -1.88. The van der Waals surface area contributed by atoms with Gasteiger partial charge in [-0.3, -0.25) is 0 Å². The van der Waals surface area contributed by atoms with E-state index in [1.807, 2.05) is 0 Å². The number of hydrogen-bond donors (Lipinski definition) is 0. The average Bonchev–Trinajstić information content (AvgIpc) is 1.88. The molecule has 0 aromatic carbocycles. The molecule has 3 heteroatoms. The van der Waals surface area contributed by atoms with Crippen molar-refractivity contribution in [2.45, 2.75) is 0 Å². The summed E-state index contributed by atoms with van der Waals surface area (Å²) in [4.78, 5) is 7.57. The van der Waals surface area contributed by atoms with Crippen molar-refractivity contribution in [3.05, 3.63) is 35.6 Å². The first kappa shape index (κ1) is 7.00. The van der Waals surface area contributed by atoms with Crippen LogP contribution in [0.4, 0.5) is 0 Å². The molecule has 1 rings (SSSR count). The normalized spacial score (nSPS) is 8.50. The molecule has 0 fully saturated rings. The quantitative estimate of drug-likeness (QED) is 0.454. The Morgan fingerprint density at radius 1 is 1.70 bits per heavy atom. The van der Waals surface area contributed by atoms with E-state index < -0.39 is 0 Å². The highest BCUT2D eigenvalue weighted by Gasteiger charge is 1.89. The fourth-order valence-corrected chi connectivity index (χ4v) is 0.687. The number of nitrogens with zero attached hydrogens (tertiary/aromatic N) is 2. The fourth-order valence-electron chi connectivity index (χ4n) is 0.533. The fraction of sp³-hybridized carbons (Fsp3) is 0. The van der Waals surface area contributed by atoms with E-state index in [1.54, 1.807) is 18.3 Å². The highest BCUT2D eigenvalue weighted by atomic mass is 35.5. The first-order valence-corrected chi connectivity index (χ1v) is 3.05. The molecule has 0 amide bonds. The topological polar surface area (TPSA) is 25.8 Å². The summed E-state index contributed by atoms with van der Waals surface area (Å²) in [6.45, 7) is 3.40. The minimum absolute atomic E-state index is 0.240. The summed E-state index contributed by atoms with van der Waals surface area (Å²) in [5, 5.41) is 0.240. The van der Waals surface area contributed by atoms with E-state index in [9.17, 15) is 0 Å². The molecule has 1 aromatic rings. The van der Waals surface area contributed by atoms with Crippen molar-refractivity contribution in [1.82, 2.24) is 9.97 Å². The van der Waals surface area contributed by atoms with Gasteiger partial charge in [0.1, 0.15) is 0 Å². The van der Waals surface area contributed by atoms with Crippen molar-refractivity contribution >= 4 is 17.7 Å². The Labute approximate surface area is 63.9 Å². The van der Waals surface area contributed by atoms with Crippen LogP contribution in [0.25, 0.3) is 6.08 Å². The van der Waals surface area contributed by atoms with Crippen molar-refractivity contribution < 1.29 is 0 Å². The molecule has 1 aromatic heterocycles. The third-order valence-corrected chi connectivity index (χ3v) is 1.08. The Balaban J connectivity index is 3.06. The van der Waals surface area contributed by atoms with E-state index in [0.717, 1.165) is 5.69 Å². The van der Waals surface area contributed by atoms with Crippen molar-refractivity contribution in [2.24, 2.45) is 0 Å². The second kappa shape index (κ2) is 3.16. The lowest BCUT2D eigenvalue weighted by atomic mass is 10.4. The summed E-state index contributed by atoms with van der Waals surface area (Å²) >= 11 is 5.49. The van der Waals surface area contributed by atoms with Crippen molar-refractivity contribution in [3.63, 3.8) is 0 Å². The Bertz CT molecular complexity index is 277. The van der Waals surface area contributed by atoms with Crippen LogP contribution in [0.3, 0.4) is 0 Å². The smallest absolute Gasteiger partial charge is 0.222 e. The Hall–Kier alpha value is -1.11. The van der Waals surface area contributed by atoms with Crippen LogP contribution in [0.1, 0.15) is 5.69 Å². The summed E-state index contributed by atoms with van der Waals surface area (Å²) in [5.41, 5.74) is 3.30. The van der Waals surface area contributed by atoms with Crippen LogP contribution in [0, 0.1) is 0 Å². The van der Waals surface area contributed by atoms with Crippen molar-refractivity contribution in [3.8, 4) is 0 Å². The van der Waals surface area contributed by atoms with Gasteiger partial charge in [-0.25, -0.2) is 9.97 Å². The van der Waals surface area contributed by atoms with Gasteiger partial charge in [-0.2, -0.15) is 0 Å². The zero-order chi connectivity index (χ0) is 7.40. The van der Waals surface area contributed by atoms with Crippen LogP contribution >= 0.6 is 11.6 Å². The maximum Gasteiger partial charge on any atom is 0.222 e. The minimum Gasteiger partial charge on any atom is -0.226 e. The maximum atomic E-state index is 5.49. The molecular weight excluding hydrogens is 148 g/mol. The molecule has 0 N–H and O–H groups in total. The average molecular weight is 153 g/mol. The highest BCUT2D eigenvalue weighted by Crippen LogP contribution is 2.01. The minimum atomic E-state index is 0.240. The molecule has 0 atom stereocenters. The standard InChI is InChI=1S/C7H5ClN2/c1-2-3-6-4-5-9-7(8)10-6/h3-5H,1H2. The zero-order valence-corrected chi connectivity index (χ0v) is 5.97. The number of halogens is 1.